The van der Waals surface area contributed by atoms with Crippen LogP contribution in [0.4, 0.5) is 5.95 Å². The van der Waals surface area contributed by atoms with Crippen molar-refractivity contribution in [3.05, 3.63) is 52.7 Å². The Morgan fingerprint density at radius 3 is 2.31 bits per heavy atom. The van der Waals surface area contributed by atoms with Crippen LogP contribution in [-0.2, 0) is 23.8 Å². The molecular weight excluding hydrogens is 456 g/mol. The van der Waals surface area contributed by atoms with Gasteiger partial charge in [-0.2, -0.15) is 4.98 Å². The summed E-state index contributed by atoms with van der Waals surface area (Å²) in [4.78, 5) is 58.1. The second kappa shape index (κ2) is 9.95. The lowest BCUT2D eigenvalue weighted by molar-refractivity contribution is -0.173. The first kappa shape index (κ1) is 26.0. The van der Waals surface area contributed by atoms with E-state index in [1.54, 1.807) is 71.9 Å². The lowest BCUT2D eigenvalue weighted by Crippen LogP contribution is -2.39. The predicted octanol–water partition coefficient (Wildman–Crippen LogP) is 2.48. The summed E-state index contributed by atoms with van der Waals surface area (Å²) in [5.74, 6) is -1.88. The lowest BCUT2D eigenvalue weighted by Gasteiger charge is -2.24. The van der Waals surface area contributed by atoms with Gasteiger partial charge in [-0.3, -0.25) is 14.7 Å². The first-order chi connectivity index (χ1) is 16.2. The molecule has 11 nitrogen and oxygen atoms in total. The van der Waals surface area contributed by atoms with E-state index in [0.29, 0.717) is 5.56 Å². The Morgan fingerprint density at radius 1 is 1.09 bits per heavy atom. The zero-order valence-corrected chi connectivity index (χ0v) is 20.6. The van der Waals surface area contributed by atoms with E-state index in [0.717, 1.165) is 10.9 Å². The molecule has 0 bridgehead atoms. The third kappa shape index (κ3) is 6.72. The maximum absolute atomic E-state index is 12.8. The molecule has 188 valence electrons. The second-order valence-corrected chi connectivity index (χ2v) is 10.2. The van der Waals surface area contributed by atoms with E-state index in [2.05, 4.69) is 15.3 Å². The van der Waals surface area contributed by atoms with Crippen molar-refractivity contribution < 1.29 is 28.6 Å². The van der Waals surface area contributed by atoms with Crippen molar-refractivity contribution in [3.8, 4) is 0 Å². The number of anilines is 1. The molecule has 0 saturated carbocycles. The molecule has 35 heavy (non-hydrogen) atoms. The molecule has 1 fully saturated rings. The summed E-state index contributed by atoms with van der Waals surface area (Å²) in [7, 11) is 0. The van der Waals surface area contributed by atoms with E-state index >= 15 is 0 Å². The summed E-state index contributed by atoms with van der Waals surface area (Å²) in [6, 6.07) is 8.30. The molecule has 11 heteroatoms. The van der Waals surface area contributed by atoms with Gasteiger partial charge in [0.15, 0.2) is 6.10 Å². The highest BCUT2D eigenvalue weighted by Crippen LogP contribution is 2.32. The van der Waals surface area contributed by atoms with Crippen LogP contribution < -0.4 is 11.0 Å². The number of carbonyl (C=O) groups is 3. The molecule has 0 spiro atoms. The van der Waals surface area contributed by atoms with Gasteiger partial charge in [0.05, 0.1) is 5.56 Å². The van der Waals surface area contributed by atoms with Crippen molar-refractivity contribution in [2.45, 2.75) is 72.0 Å². The van der Waals surface area contributed by atoms with Crippen LogP contribution in [-0.4, -0.2) is 50.2 Å². The summed E-state index contributed by atoms with van der Waals surface area (Å²) < 4.78 is 17.9. The average molecular weight is 487 g/mol. The fraction of sp³-hybridized carbons (Fsp3) is 0.500. The third-order valence-corrected chi connectivity index (χ3v) is 4.93. The molecule has 2 aromatic rings. The Bertz CT molecular complexity index is 1150. The highest BCUT2D eigenvalue weighted by molar-refractivity contribution is 5.93. The van der Waals surface area contributed by atoms with Crippen molar-refractivity contribution in [1.82, 2.24) is 14.5 Å². The van der Waals surface area contributed by atoms with Crippen LogP contribution in [0.1, 0.15) is 64.5 Å². The number of aromatic nitrogens is 3. The molecule has 1 aromatic carbocycles. The van der Waals surface area contributed by atoms with Gasteiger partial charge in [0.2, 0.25) is 11.9 Å². The fourth-order valence-corrected chi connectivity index (χ4v) is 3.16. The second-order valence-electron chi connectivity index (χ2n) is 10.2. The normalized spacial score (nSPS) is 20.2. The Hall–Kier alpha value is -3.60. The molecular formula is C24H30N4O7. The number of rotatable bonds is 5. The van der Waals surface area contributed by atoms with Crippen LogP contribution >= 0.6 is 0 Å². The largest absolute Gasteiger partial charge is 0.458 e. The van der Waals surface area contributed by atoms with Gasteiger partial charge in [-0.05, 0) is 32.9 Å². The SMILES string of the molecule is CC(C)(C)OC(=O)[C@H]1O[C@@H](n2cnc(NC(=O)C(C)(C)C)nc2=O)C[C@@H]1OC(=O)c1ccccc1. The zero-order chi connectivity index (χ0) is 26.0. The molecule has 1 N–H and O–H groups in total. The molecule has 0 radical (unpaired) electrons. The average Bonchev–Trinajstić information content (AvgIpc) is 3.16. The molecule has 1 aliphatic rings. The first-order valence-electron chi connectivity index (χ1n) is 11.2. The van der Waals surface area contributed by atoms with E-state index in [1.165, 1.54) is 0 Å². The minimum absolute atomic E-state index is 0.0144. The van der Waals surface area contributed by atoms with Gasteiger partial charge < -0.3 is 14.2 Å². The number of nitrogens with one attached hydrogen (secondary N) is 1. The van der Waals surface area contributed by atoms with Crippen LogP contribution in [0.3, 0.4) is 0 Å². The number of hydrogen-bond acceptors (Lipinski definition) is 9. The van der Waals surface area contributed by atoms with E-state index in [9.17, 15) is 19.2 Å². The van der Waals surface area contributed by atoms with Crippen LogP contribution in [0.5, 0.6) is 0 Å². The third-order valence-electron chi connectivity index (χ3n) is 4.93. The topological polar surface area (TPSA) is 139 Å². The number of ether oxygens (including phenoxy) is 3. The number of carbonyl (C=O) groups excluding carboxylic acids is 3. The van der Waals surface area contributed by atoms with Gasteiger partial charge in [-0.15, -0.1) is 0 Å². The van der Waals surface area contributed by atoms with E-state index in [1.807, 2.05) is 0 Å². The lowest BCUT2D eigenvalue weighted by atomic mass is 9.96. The molecule has 1 aromatic heterocycles. The highest BCUT2D eigenvalue weighted by atomic mass is 16.6. The van der Waals surface area contributed by atoms with E-state index in [-0.39, 0.29) is 18.3 Å². The smallest absolute Gasteiger partial charge is 0.354 e. The number of hydrogen-bond donors (Lipinski definition) is 1. The van der Waals surface area contributed by atoms with Crippen molar-refractivity contribution in [2.75, 3.05) is 5.32 Å². The molecule has 1 saturated heterocycles. The van der Waals surface area contributed by atoms with E-state index in [4.69, 9.17) is 14.2 Å². The minimum Gasteiger partial charge on any atom is -0.458 e. The van der Waals surface area contributed by atoms with Gasteiger partial charge >= 0.3 is 17.6 Å². The van der Waals surface area contributed by atoms with Crippen LogP contribution in [0.2, 0.25) is 0 Å². The first-order valence-corrected chi connectivity index (χ1v) is 11.2. The van der Waals surface area contributed by atoms with Gasteiger partial charge in [0, 0.05) is 11.8 Å². The minimum atomic E-state index is -1.26. The monoisotopic (exact) mass is 486 g/mol. The van der Waals surface area contributed by atoms with Crippen LogP contribution in [0, 0.1) is 5.41 Å². The molecule has 1 amide bonds. The Balaban J connectivity index is 1.82. The van der Waals surface area contributed by atoms with Crippen molar-refractivity contribution in [3.63, 3.8) is 0 Å². The Kier molecular flexibility index (Phi) is 7.39. The summed E-state index contributed by atoms with van der Waals surface area (Å²) in [6.07, 6.45) is -2.14. The maximum atomic E-state index is 12.8. The van der Waals surface area contributed by atoms with E-state index < -0.39 is 47.1 Å². The number of nitrogens with zero attached hydrogens (tertiary/aromatic N) is 3. The number of esters is 2. The molecule has 3 rings (SSSR count). The zero-order valence-electron chi connectivity index (χ0n) is 20.6. The number of benzene rings is 1. The molecule has 1 aliphatic heterocycles. The summed E-state index contributed by atoms with van der Waals surface area (Å²) in [6.45, 7) is 10.2. The van der Waals surface area contributed by atoms with Crippen molar-refractivity contribution in [2.24, 2.45) is 5.41 Å². The van der Waals surface area contributed by atoms with Gasteiger partial charge in [-0.25, -0.2) is 19.4 Å². The maximum Gasteiger partial charge on any atom is 0.354 e. The quantitative estimate of drug-likeness (QED) is 0.631. The molecule has 3 atom stereocenters. The predicted molar refractivity (Wildman–Crippen MR) is 124 cm³/mol. The van der Waals surface area contributed by atoms with Gasteiger partial charge in [-0.1, -0.05) is 39.0 Å². The van der Waals surface area contributed by atoms with Crippen LogP contribution in [0.25, 0.3) is 0 Å². The van der Waals surface area contributed by atoms with Gasteiger partial charge in [0.1, 0.15) is 24.3 Å². The van der Waals surface area contributed by atoms with Crippen molar-refractivity contribution in [1.29, 1.82) is 0 Å². The number of amides is 1. The standard InChI is InChI=1S/C24H30N4O7/c1-23(2,3)20(31)26-21-25-13-28(22(32)27-21)16-12-15(17(34-16)19(30)35-24(4,5)6)33-18(29)14-10-8-7-9-11-14/h7-11,13,15-17H,12H2,1-6H3,(H,26,27,31,32)/t15-,16+,17-/m0/s1. The van der Waals surface area contributed by atoms with Gasteiger partial charge in [0.25, 0.3) is 0 Å². The van der Waals surface area contributed by atoms with Crippen molar-refractivity contribution >= 4 is 23.8 Å². The molecule has 2 heterocycles. The van der Waals surface area contributed by atoms with Crippen LogP contribution in [0.15, 0.2) is 41.5 Å². The Morgan fingerprint density at radius 2 is 1.74 bits per heavy atom. The Labute approximate surface area is 202 Å². The fourth-order valence-electron chi connectivity index (χ4n) is 3.16. The summed E-state index contributed by atoms with van der Waals surface area (Å²) >= 11 is 0. The summed E-state index contributed by atoms with van der Waals surface area (Å²) in [5, 5.41) is 2.49. The molecule has 0 unspecified atom stereocenters. The highest BCUT2D eigenvalue weighted by Gasteiger charge is 2.45. The summed E-state index contributed by atoms with van der Waals surface area (Å²) in [5.41, 5.74) is -1.96. The molecule has 0 aliphatic carbocycles.